The van der Waals surface area contributed by atoms with Crippen molar-refractivity contribution in [3.63, 3.8) is 0 Å². The Balaban J connectivity index is 1.60. The van der Waals surface area contributed by atoms with E-state index in [1.807, 2.05) is 0 Å². The summed E-state index contributed by atoms with van der Waals surface area (Å²) in [6.07, 6.45) is 0. The molecule has 4 rings (SSSR count). The molecule has 0 aliphatic carbocycles. The van der Waals surface area contributed by atoms with Crippen LogP contribution in [0.15, 0.2) is 114 Å². The van der Waals surface area contributed by atoms with Gasteiger partial charge in [-0.2, -0.15) is 0 Å². The molecule has 0 spiro atoms. The Morgan fingerprint density at radius 3 is 1.68 bits per heavy atom. The summed E-state index contributed by atoms with van der Waals surface area (Å²) in [5.74, 6) is -1.09. The van der Waals surface area contributed by atoms with Crippen LogP contribution < -0.4 is 0 Å². The third kappa shape index (κ3) is 5.11. The monoisotopic (exact) mass is 450 g/mol. The van der Waals surface area contributed by atoms with Crippen LogP contribution in [0.3, 0.4) is 0 Å². The number of oxime groups is 1. The smallest absolute Gasteiger partial charge is 0.312 e. The Morgan fingerprint density at radius 2 is 1.15 bits per heavy atom. The lowest BCUT2D eigenvalue weighted by Gasteiger charge is -2.07. The summed E-state index contributed by atoms with van der Waals surface area (Å²) in [6, 6.07) is 30.0. The molecule has 0 radical (unpaired) electrons. The molecule has 0 fully saturated rings. The Bertz CT molecular complexity index is 1350. The average molecular weight is 450 g/mol. The quantitative estimate of drug-likeness (QED) is 0.118. The molecule has 0 saturated heterocycles. The van der Waals surface area contributed by atoms with Gasteiger partial charge in [0.2, 0.25) is 5.78 Å². The van der Waals surface area contributed by atoms with Crippen molar-refractivity contribution in [3.8, 4) is 11.1 Å². The molecule has 0 unspecified atom stereocenters. The minimum atomic E-state index is -0.671. The molecule has 34 heavy (non-hydrogen) atoms. The molecule has 7 heteroatoms. The molecule has 0 N–H and O–H groups in total. The Hall–Kier alpha value is -4.91. The number of Topliss-reactive ketones (excluding diaryl/α,β-unsaturated/α-hetero) is 1. The molecule has 0 saturated carbocycles. The van der Waals surface area contributed by atoms with Crippen molar-refractivity contribution < 1.29 is 19.3 Å². The van der Waals surface area contributed by atoms with Gasteiger partial charge in [-0.15, -0.1) is 0 Å². The maximum Gasteiger partial charge on any atom is 0.365 e. The van der Waals surface area contributed by atoms with Crippen molar-refractivity contribution in [3.05, 3.63) is 136 Å². The molecular formula is C27H18N2O5. The largest absolute Gasteiger partial charge is 0.365 e. The predicted octanol–water partition coefficient (Wildman–Crippen LogP) is 5.71. The minimum absolute atomic E-state index is 0.00399. The molecule has 7 nitrogen and oxygen atoms in total. The summed E-state index contributed by atoms with van der Waals surface area (Å²) in [4.78, 5) is 41.1. The number of nitrogens with zero attached hydrogens (tertiary/aromatic N) is 2. The highest BCUT2D eigenvalue weighted by atomic mass is 16.7. The molecule has 0 aliphatic rings. The number of carbonyl (C=O) groups is 2. The van der Waals surface area contributed by atoms with E-state index in [0.717, 1.165) is 11.1 Å². The van der Waals surface area contributed by atoms with Crippen molar-refractivity contribution in [2.75, 3.05) is 0 Å². The van der Waals surface area contributed by atoms with Gasteiger partial charge in [0.15, 0.2) is 5.71 Å². The van der Waals surface area contributed by atoms with Gasteiger partial charge in [-0.05, 0) is 35.4 Å². The Labute approximate surface area is 195 Å². The minimum Gasteiger partial charge on any atom is -0.312 e. The maximum absolute atomic E-state index is 13.3. The zero-order valence-corrected chi connectivity index (χ0v) is 17.8. The van der Waals surface area contributed by atoms with E-state index in [9.17, 15) is 19.7 Å². The van der Waals surface area contributed by atoms with E-state index in [1.54, 1.807) is 97.1 Å². The predicted molar refractivity (Wildman–Crippen MR) is 128 cm³/mol. The van der Waals surface area contributed by atoms with Gasteiger partial charge in [-0.25, -0.2) is 4.79 Å². The van der Waals surface area contributed by atoms with Gasteiger partial charge in [0, 0.05) is 23.3 Å². The number of benzene rings is 4. The van der Waals surface area contributed by atoms with E-state index in [0.29, 0.717) is 16.7 Å². The summed E-state index contributed by atoms with van der Waals surface area (Å²) >= 11 is 0. The first kappa shape index (κ1) is 22.3. The number of nitro groups is 1. The van der Waals surface area contributed by atoms with Crippen LogP contribution >= 0.6 is 0 Å². The number of non-ortho nitro benzene ring substituents is 1. The molecular weight excluding hydrogens is 432 g/mol. The fraction of sp³-hybridized carbons (Fsp3) is 0. The summed E-state index contributed by atoms with van der Waals surface area (Å²) in [5, 5.41) is 14.8. The molecule has 4 aromatic carbocycles. The molecule has 0 atom stereocenters. The van der Waals surface area contributed by atoms with E-state index in [-0.39, 0.29) is 11.4 Å². The number of hydrogen-bond acceptors (Lipinski definition) is 6. The SMILES string of the molecule is O=C(O/N=C(\C(=O)c1ccc(-c2ccc([N+](=O)[O-])cc2)cc1)c1ccccc1)c1ccccc1. The number of rotatable bonds is 7. The number of ketones is 1. The number of hydrogen-bond donors (Lipinski definition) is 0. The fourth-order valence-corrected chi connectivity index (χ4v) is 3.26. The first-order valence-corrected chi connectivity index (χ1v) is 10.3. The lowest BCUT2D eigenvalue weighted by molar-refractivity contribution is -0.384. The lowest BCUT2D eigenvalue weighted by atomic mass is 9.98. The van der Waals surface area contributed by atoms with E-state index in [1.165, 1.54) is 12.1 Å². The zero-order chi connectivity index (χ0) is 23.9. The van der Waals surface area contributed by atoms with E-state index in [4.69, 9.17) is 4.84 Å². The van der Waals surface area contributed by atoms with Gasteiger partial charge in [0.05, 0.1) is 10.5 Å². The molecule has 0 heterocycles. The van der Waals surface area contributed by atoms with E-state index >= 15 is 0 Å². The summed E-state index contributed by atoms with van der Waals surface area (Å²) in [5.41, 5.74) is 2.74. The highest BCUT2D eigenvalue weighted by molar-refractivity contribution is 6.51. The highest BCUT2D eigenvalue weighted by Gasteiger charge is 2.19. The third-order valence-electron chi connectivity index (χ3n) is 5.05. The molecule has 0 bridgehead atoms. The van der Waals surface area contributed by atoms with E-state index in [2.05, 4.69) is 5.16 Å². The van der Waals surface area contributed by atoms with Crippen LogP contribution in [-0.4, -0.2) is 22.4 Å². The Kier molecular flexibility index (Phi) is 6.65. The molecule has 0 amide bonds. The maximum atomic E-state index is 13.3. The van der Waals surface area contributed by atoms with Crippen molar-refractivity contribution in [2.24, 2.45) is 5.16 Å². The van der Waals surface area contributed by atoms with Crippen molar-refractivity contribution in [1.29, 1.82) is 0 Å². The second kappa shape index (κ2) is 10.1. The van der Waals surface area contributed by atoms with Gasteiger partial charge < -0.3 is 4.84 Å². The van der Waals surface area contributed by atoms with Gasteiger partial charge in [-0.1, -0.05) is 78.0 Å². The van der Waals surface area contributed by atoms with Crippen molar-refractivity contribution in [2.45, 2.75) is 0 Å². The van der Waals surface area contributed by atoms with E-state index < -0.39 is 16.7 Å². The summed E-state index contributed by atoms with van der Waals surface area (Å²) < 4.78 is 0. The lowest BCUT2D eigenvalue weighted by Crippen LogP contribution is -2.17. The highest BCUT2D eigenvalue weighted by Crippen LogP contribution is 2.23. The number of carbonyl (C=O) groups excluding carboxylic acids is 2. The molecule has 166 valence electrons. The third-order valence-corrected chi connectivity index (χ3v) is 5.05. The van der Waals surface area contributed by atoms with Crippen LogP contribution in [0.1, 0.15) is 26.3 Å². The summed E-state index contributed by atoms with van der Waals surface area (Å²) in [7, 11) is 0. The van der Waals surface area contributed by atoms with Crippen LogP contribution in [0.5, 0.6) is 0 Å². The van der Waals surface area contributed by atoms with Crippen molar-refractivity contribution in [1.82, 2.24) is 0 Å². The normalized spacial score (nSPS) is 11.0. The second-order valence-electron chi connectivity index (χ2n) is 7.26. The zero-order valence-electron chi connectivity index (χ0n) is 17.8. The van der Waals surface area contributed by atoms with Crippen LogP contribution in [0.4, 0.5) is 5.69 Å². The first-order valence-electron chi connectivity index (χ1n) is 10.3. The summed E-state index contributed by atoms with van der Waals surface area (Å²) in [6.45, 7) is 0. The van der Waals surface area contributed by atoms with Crippen LogP contribution in [-0.2, 0) is 4.84 Å². The second-order valence-corrected chi connectivity index (χ2v) is 7.26. The fourth-order valence-electron chi connectivity index (χ4n) is 3.26. The Morgan fingerprint density at radius 1 is 0.647 bits per heavy atom. The first-order chi connectivity index (χ1) is 16.5. The van der Waals surface area contributed by atoms with Crippen molar-refractivity contribution >= 4 is 23.2 Å². The molecule has 0 aromatic heterocycles. The van der Waals surface area contributed by atoms with Crippen LogP contribution in [0, 0.1) is 10.1 Å². The topological polar surface area (TPSA) is 98.9 Å². The van der Waals surface area contributed by atoms with Gasteiger partial charge in [-0.3, -0.25) is 14.9 Å². The van der Waals surface area contributed by atoms with Crippen LogP contribution in [0.2, 0.25) is 0 Å². The van der Waals surface area contributed by atoms with Gasteiger partial charge in [0.1, 0.15) is 0 Å². The molecule has 4 aromatic rings. The van der Waals surface area contributed by atoms with Gasteiger partial charge >= 0.3 is 5.97 Å². The average Bonchev–Trinajstić information content (AvgIpc) is 2.90. The molecule has 0 aliphatic heterocycles. The standard InChI is InChI=1S/C27H18N2O5/c30-26(22-13-11-19(12-14-22)20-15-17-24(18-16-20)29(32)33)25(21-7-3-1-4-8-21)28-34-27(31)23-9-5-2-6-10-23/h1-18H/b28-25-. The number of nitro benzene ring substituents is 1. The van der Waals surface area contributed by atoms with Gasteiger partial charge in [0.25, 0.3) is 5.69 Å². The van der Waals surface area contributed by atoms with Crippen LogP contribution in [0.25, 0.3) is 11.1 Å².